The zero-order valence-corrected chi connectivity index (χ0v) is 14.7. The van der Waals surface area contributed by atoms with Crippen molar-refractivity contribution < 1.29 is 4.79 Å². The van der Waals surface area contributed by atoms with E-state index in [1.54, 1.807) is 6.20 Å². The SMILES string of the molecule is Cc1ccnc(N2CCC(C)(C(=O)N(C)C(C)(C)C)CC2)n1. The van der Waals surface area contributed by atoms with Crippen LogP contribution < -0.4 is 4.90 Å². The Morgan fingerprint density at radius 1 is 1.32 bits per heavy atom. The highest BCUT2D eigenvalue weighted by atomic mass is 16.2. The minimum atomic E-state index is -0.289. The average Bonchev–Trinajstić information content (AvgIpc) is 2.45. The molecule has 0 saturated carbocycles. The third-order valence-electron chi connectivity index (χ3n) is 4.76. The summed E-state index contributed by atoms with van der Waals surface area (Å²) in [7, 11) is 1.91. The Hall–Kier alpha value is -1.65. The van der Waals surface area contributed by atoms with Gasteiger partial charge in [-0.05, 0) is 46.6 Å². The molecular weight excluding hydrogens is 276 g/mol. The fraction of sp³-hybridized carbons (Fsp3) is 0.706. The van der Waals surface area contributed by atoms with Crippen molar-refractivity contribution in [1.29, 1.82) is 0 Å². The Balaban J connectivity index is 2.06. The largest absolute Gasteiger partial charge is 0.341 e. The molecule has 5 heteroatoms. The summed E-state index contributed by atoms with van der Waals surface area (Å²) in [5, 5.41) is 0. The van der Waals surface area contributed by atoms with Crippen molar-refractivity contribution in [3.8, 4) is 0 Å². The van der Waals surface area contributed by atoms with Gasteiger partial charge in [0.1, 0.15) is 0 Å². The molecule has 5 nitrogen and oxygen atoms in total. The van der Waals surface area contributed by atoms with Gasteiger partial charge in [-0.1, -0.05) is 6.92 Å². The maximum atomic E-state index is 12.8. The third-order valence-corrected chi connectivity index (χ3v) is 4.76. The molecule has 0 atom stereocenters. The molecule has 0 bridgehead atoms. The molecule has 22 heavy (non-hydrogen) atoms. The lowest BCUT2D eigenvalue weighted by molar-refractivity contribution is -0.145. The van der Waals surface area contributed by atoms with Gasteiger partial charge in [0.05, 0.1) is 0 Å². The van der Waals surface area contributed by atoms with Crippen LogP contribution in [0.5, 0.6) is 0 Å². The van der Waals surface area contributed by atoms with E-state index in [1.165, 1.54) is 0 Å². The smallest absolute Gasteiger partial charge is 0.228 e. The van der Waals surface area contributed by atoms with Crippen LogP contribution in [0.3, 0.4) is 0 Å². The number of nitrogens with zero attached hydrogens (tertiary/aromatic N) is 4. The predicted molar refractivity (Wildman–Crippen MR) is 88.8 cm³/mol. The zero-order valence-electron chi connectivity index (χ0n) is 14.7. The second kappa shape index (κ2) is 5.86. The lowest BCUT2D eigenvalue weighted by Crippen LogP contribution is -2.53. The first-order chi connectivity index (χ1) is 10.1. The number of aryl methyl sites for hydroxylation is 1. The van der Waals surface area contributed by atoms with Crippen LogP contribution in [-0.4, -0.2) is 46.5 Å². The molecule has 1 aliphatic rings. The highest BCUT2D eigenvalue weighted by Crippen LogP contribution is 2.35. The fourth-order valence-corrected chi connectivity index (χ4v) is 2.71. The molecule has 2 heterocycles. The van der Waals surface area contributed by atoms with E-state index in [1.807, 2.05) is 24.9 Å². The molecule has 1 fully saturated rings. The quantitative estimate of drug-likeness (QED) is 0.843. The Bertz CT molecular complexity index is 542. The summed E-state index contributed by atoms with van der Waals surface area (Å²) < 4.78 is 0. The highest BCUT2D eigenvalue weighted by Gasteiger charge is 2.41. The lowest BCUT2D eigenvalue weighted by Gasteiger charge is -2.43. The number of carbonyl (C=O) groups excluding carboxylic acids is 1. The van der Waals surface area contributed by atoms with Crippen molar-refractivity contribution >= 4 is 11.9 Å². The van der Waals surface area contributed by atoms with E-state index >= 15 is 0 Å². The van der Waals surface area contributed by atoms with Crippen molar-refractivity contribution in [2.75, 3.05) is 25.0 Å². The molecule has 0 N–H and O–H groups in total. The van der Waals surface area contributed by atoms with Gasteiger partial charge in [0.25, 0.3) is 0 Å². The number of hydrogen-bond donors (Lipinski definition) is 0. The normalized spacial score (nSPS) is 18.2. The van der Waals surface area contributed by atoms with Crippen molar-refractivity contribution in [3.05, 3.63) is 18.0 Å². The van der Waals surface area contributed by atoms with Crippen molar-refractivity contribution in [2.24, 2.45) is 5.41 Å². The van der Waals surface area contributed by atoms with Gasteiger partial charge in [0, 0.05) is 43.0 Å². The van der Waals surface area contributed by atoms with Gasteiger partial charge in [-0.15, -0.1) is 0 Å². The van der Waals surface area contributed by atoms with E-state index in [4.69, 9.17) is 0 Å². The number of rotatable bonds is 2. The first-order valence-corrected chi connectivity index (χ1v) is 7.96. The Morgan fingerprint density at radius 2 is 1.91 bits per heavy atom. The van der Waals surface area contributed by atoms with E-state index in [0.29, 0.717) is 0 Å². The summed E-state index contributed by atoms with van der Waals surface area (Å²) in [6.45, 7) is 11.9. The second-order valence-electron chi connectivity index (χ2n) is 7.58. The Kier molecular flexibility index (Phi) is 4.45. The minimum absolute atomic E-state index is 0.142. The third kappa shape index (κ3) is 3.39. The van der Waals surface area contributed by atoms with E-state index in [0.717, 1.165) is 37.6 Å². The van der Waals surface area contributed by atoms with Gasteiger partial charge in [-0.25, -0.2) is 9.97 Å². The Morgan fingerprint density at radius 3 is 2.41 bits per heavy atom. The summed E-state index contributed by atoms with van der Waals surface area (Å²) in [6.07, 6.45) is 3.47. The lowest BCUT2D eigenvalue weighted by atomic mass is 9.78. The van der Waals surface area contributed by atoms with Crippen LogP contribution >= 0.6 is 0 Å². The molecule has 2 rings (SSSR count). The first kappa shape index (κ1) is 16.7. The maximum absolute atomic E-state index is 12.8. The monoisotopic (exact) mass is 304 g/mol. The summed E-state index contributed by atoms with van der Waals surface area (Å²) in [4.78, 5) is 25.7. The van der Waals surface area contributed by atoms with Gasteiger partial charge in [0.2, 0.25) is 11.9 Å². The van der Waals surface area contributed by atoms with Crippen LogP contribution in [-0.2, 0) is 4.79 Å². The molecule has 1 aromatic heterocycles. The van der Waals surface area contributed by atoms with Crippen LogP contribution in [0.1, 0.15) is 46.2 Å². The van der Waals surface area contributed by atoms with Gasteiger partial charge in [-0.2, -0.15) is 0 Å². The van der Waals surface area contributed by atoms with E-state index < -0.39 is 0 Å². The standard InChI is InChI=1S/C17H28N4O/c1-13-7-10-18-15(19-13)21-11-8-17(5,9-12-21)14(22)20(6)16(2,3)4/h7,10H,8-9,11-12H2,1-6H3. The average molecular weight is 304 g/mol. The molecule has 0 spiro atoms. The first-order valence-electron chi connectivity index (χ1n) is 7.96. The van der Waals surface area contributed by atoms with Gasteiger partial charge in [-0.3, -0.25) is 4.79 Å². The van der Waals surface area contributed by atoms with Gasteiger partial charge >= 0.3 is 0 Å². The second-order valence-corrected chi connectivity index (χ2v) is 7.58. The maximum Gasteiger partial charge on any atom is 0.228 e. The summed E-state index contributed by atoms with van der Waals surface area (Å²) in [6, 6.07) is 1.90. The topological polar surface area (TPSA) is 49.3 Å². The van der Waals surface area contributed by atoms with Crippen molar-refractivity contribution in [1.82, 2.24) is 14.9 Å². The van der Waals surface area contributed by atoms with Crippen LogP contribution in [0.4, 0.5) is 5.95 Å². The summed E-state index contributed by atoms with van der Waals surface area (Å²) >= 11 is 0. The number of hydrogen-bond acceptors (Lipinski definition) is 4. The number of amides is 1. The van der Waals surface area contributed by atoms with Crippen LogP contribution in [0.25, 0.3) is 0 Å². The van der Waals surface area contributed by atoms with Crippen LogP contribution in [0.2, 0.25) is 0 Å². The van der Waals surface area contributed by atoms with Crippen LogP contribution in [0.15, 0.2) is 12.3 Å². The number of anilines is 1. The molecule has 122 valence electrons. The molecule has 1 aromatic rings. The summed E-state index contributed by atoms with van der Waals surface area (Å²) in [5.41, 5.74) is 0.543. The van der Waals surface area contributed by atoms with E-state index in [2.05, 4.69) is 42.6 Å². The van der Waals surface area contributed by atoms with E-state index in [-0.39, 0.29) is 16.9 Å². The number of carbonyl (C=O) groups is 1. The molecule has 0 aromatic carbocycles. The van der Waals surface area contributed by atoms with Crippen molar-refractivity contribution in [3.63, 3.8) is 0 Å². The Labute approximate surface area is 133 Å². The molecule has 1 amide bonds. The zero-order chi connectivity index (χ0) is 16.5. The van der Waals surface area contributed by atoms with Gasteiger partial charge < -0.3 is 9.80 Å². The van der Waals surface area contributed by atoms with Gasteiger partial charge in [0.15, 0.2) is 0 Å². The summed E-state index contributed by atoms with van der Waals surface area (Å²) in [5.74, 6) is 1.02. The minimum Gasteiger partial charge on any atom is -0.341 e. The molecule has 0 radical (unpaired) electrons. The predicted octanol–water partition coefficient (Wildman–Crippen LogP) is 2.65. The van der Waals surface area contributed by atoms with Crippen molar-refractivity contribution in [2.45, 2.75) is 53.0 Å². The highest BCUT2D eigenvalue weighted by molar-refractivity contribution is 5.83. The molecule has 0 unspecified atom stereocenters. The molecular formula is C17H28N4O. The molecule has 1 saturated heterocycles. The molecule has 1 aliphatic heterocycles. The number of aromatic nitrogens is 2. The van der Waals surface area contributed by atoms with Crippen LogP contribution in [0, 0.1) is 12.3 Å². The fourth-order valence-electron chi connectivity index (χ4n) is 2.71. The number of piperidine rings is 1. The molecule has 0 aliphatic carbocycles. The van der Waals surface area contributed by atoms with E-state index in [9.17, 15) is 4.79 Å².